The van der Waals surface area contributed by atoms with E-state index < -0.39 is 10.0 Å². The predicted octanol–water partition coefficient (Wildman–Crippen LogP) is 3.73. The van der Waals surface area contributed by atoms with Crippen molar-refractivity contribution in [1.82, 2.24) is 0 Å². The Balaban J connectivity index is 2.32. The van der Waals surface area contributed by atoms with Gasteiger partial charge in [0.15, 0.2) is 0 Å². The summed E-state index contributed by atoms with van der Waals surface area (Å²) in [6.45, 7) is 3.43. The van der Waals surface area contributed by atoms with Gasteiger partial charge in [-0.1, -0.05) is 19.1 Å². The molecule has 0 atom stereocenters. The van der Waals surface area contributed by atoms with Crippen molar-refractivity contribution >= 4 is 39.1 Å². The topological polar surface area (TPSA) is 75.3 Å². The fourth-order valence-electron chi connectivity index (χ4n) is 2.16. The molecule has 0 saturated heterocycles. The summed E-state index contributed by atoms with van der Waals surface area (Å²) in [6, 6.07) is 11.9. The van der Waals surface area contributed by atoms with E-state index in [9.17, 15) is 13.2 Å². The van der Waals surface area contributed by atoms with Gasteiger partial charge in [-0.15, -0.1) is 11.8 Å². The molecule has 0 aromatic heterocycles. The Labute approximate surface area is 146 Å². The molecule has 0 aliphatic heterocycles. The molecular weight excluding hydrogens is 344 g/mol. The standard InChI is InChI=1S/C17H20N2O3S2/c1-4-13-5-7-14(8-6-13)19-24(21,22)15-9-10-17(23-3)16(11-15)18-12(2)20/h5-11,19H,4H2,1-3H3,(H,18,20). The van der Waals surface area contributed by atoms with Crippen LogP contribution in [0.1, 0.15) is 19.4 Å². The van der Waals surface area contributed by atoms with E-state index in [4.69, 9.17) is 0 Å². The van der Waals surface area contributed by atoms with Crippen molar-refractivity contribution < 1.29 is 13.2 Å². The number of carbonyl (C=O) groups is 1. The fourth-order valence-corrected chi connectivity index (χ4v) is 3.78. The molecule has 0 radical (unpaired) electrons. The van der Waals surface area contributed by atoms with Crippen LogP contribution in [0.4, 0.5) is 11.4 Å². The van der Waals surface area contributed by atoms with E-state index in [0.29, 0.717) is 11.4 Å². The molecule has 24 heavy (non-hydrogen) atoms. The molecule has 128 valence electrons. The lowest BCUT2D eigenvalue weighted by Gasteiger charge is -2.12. The lowest BCUT2D eigenvalue weighted by molar-refractivity contribution is -0.114. The van der Waals surface area contributed by atoms with E-state index in [1.807, 2.05) is 25.3 Å². The van der Waals surface area contributed by atoms with E-state index in [2.05, 4.69) is 10.0 Å². The number of amides is 1. The van der Waals surface area contributed by atoms with Crippen LogP contribution in [0.2, 0.25) is 0 Å². The second-order valence-electron chi connectivity index (χ2n) is 5.20. The van der Waals surface area contributed by atoms with Gasteiger partial charge in [-0.05, 0) is 48.6 Å². The van der Waals surface area contributed by atoms with Crippen LogP contribution in [0.5, 0.6) is 0 Å². The van der Waals surface area contributed by atoms with Crippen LogP contribution >= 0.6 is 11.8 Å². The summed E-state index contributed by atoms with van der Waals surface area (Å²) >= 11 is 1.43. The number of aryl methyl sites for hydroxylation is 1. The minimum absolute atomic E-state index is 0.101. The number of hydrogen-bond donors (Lipinski definition) is 2. The van der Waals surface area contributed by atoms with Crippen molar-refractivity contribution in [1.29, 1.82) is 0 Å². The summed E-state index contributed by atoms with van der Waals surface area (Å²) in [4.78, 5) is 12.2. The average Bonchev–Trinajstić information content (AvgIpc) is 2.54. The number of anilines is 2. The van der Waals surface area contributed by atoms with Crippen molar-refractivity contribution in [3.05, 3.63) is 48.0 Å². The molecule has 2 rings (SSSR count). The van der Waals surface area contributed by atoms with Gasteiger partial charge in [0.25, 0.3) is 10.0 Å². The Kier molecular flexibility index (Phi) is 5.90. The van der Waals surface area contributed by atoms with Gasteiger partial charge in [0.1, 0.15) is 0 Å². The first-order chi connectivity index (χ1) is 11.4. The normalized spacial score (nSPS) is 11.1. The Morgan fingerprint density at radius 1 is 1.12 bits per heavy atom. The van der Waals surface area contributed by atoms with Crippen LogP contribution < -0.4 is 10.0 Å². The summed E-state index contributed by atoms with van der Waals surface area (Å²) in [5.41, 5.74) is 2.12. The Bertz CT molecular complexity index is 831. The maximum Gasteiger partial charge on any atom is 0.261 e. The maximum absolute atomic E-state index is 12.6. The molecule has 0 aliphatic carbocycles. The van der Waals surface area contributed by atoms with Gasteiger partial charge in [-0.3, -0.25) is 9.52 Å². The number of rotatable bonds is 6. The van der Waals surface area contributed by atoms with Crippen LogP contribution in [0.3, 0.4) is 0 Å². The number of nitrogens with one attached hydrogen (secondary N) is 2. The van der Waals surface area contributed by atoms with E-state index >= 15 is 0 Å². The molecule has 0 spiro atoms. The molecule has 0 heterocycles. The molecule has 0 aliphatic rings. The van der Waals surface area contributed by atoms with E-state index in [0.717, 1.165) is 16.9 Å². The van der Waals surface area contributed by atoms with Crippen LogP contribution in [0.25, 0.3) is 0 Å². The molecule has 0 fully saturated rings. The van der Waals surface area contributed by atoms with Crippen molar-refractivity contribution in [2.45, 2.75) is 30.1 Å². The highest BCUT2D eigenvalue weighted by Crippen LogP contribution is 2.29. The Hall–Kier alpha value is -1.99. The quantitative estimate of drug-likeness (QED) is 0.766. The first-order valence-corrected chi connectivity index (χ1v) is 10.1. The number of sulfonamides is 1. The van der Waals surface area contributed by atoms with E-state index in [1.54, 1.807) is 18.2 Å². The summed E-state index contributed by atoms with van der Waals surface area (Å²) in [5, 5.41) is 2.66. The molecule has 2 aromatic rings. The molecule has 0 saturated carbocycles. The third-order valence-electron chi connectivity index (χ3n) is 3.41. The monoisotopic (exact) mass is 364 g/mol. The van der Waals surface area contributed by atoms with Gasteiger partial charge in [0, 0.05) is 17.5 Å². The lowest BCUT2D eigenvalue weighted by Crippen LogP contribution is -2.14. The zero-order valence-electron chi connectivity index (χ0n) is 13.8. The highest BCUT2D eigenvalue weighted by Gasteiger charge is 2.17. The van der Waals surface area contributed by atoms with Crippen molar-refractivity contribution in [2.75, 3.05) is 16.3 Å². The van der Waals surface area contributed by atoms with Gasteiger partial charge in [-0.2, -0.15) is 0 Å². The number of benzene rings is 2. The second-order valence-corrected chi connectivity index (χ2v) is 7.73. The zero-order chi connectivity index (χ0) is 17.7. The first-order valence-electron chi connectivity index (χ1n) is 7.43. The molecule has 1 amide bonds. The minimum atomic E-state index is -3.73. The maximum atomic E-state index is 12.6. The molecule has 2 N–H and O–H groups in total. The molecule has 7 heteroatoms. The van der Waals surface area contributed by atoms with E-state index in [1.165, 1.54) is 30.8 Å². The van der Waals surface area contributed by atoms with Crippen LogP contribution in [-0.4, -0.2) is 20.6 Å². The van der Waals surface area contributed by atoms with Crippen LogP contribution in [-0.2, 0) is 21.2 Å². The van der Waals surface area contributed by atoms with Gasteiger partial charge in [0.05, 0.1) is 10.6 Å². The fraction of sp³-hybridized carbons (Fsp3) is 0.235. The summed E-state index contributed by atoms with van der Waals surface area (Å²) < 4.78 is 27.7. The van der Waals surface area contributed by atoms with Gasteiger partial charge < -0.3 is 5.32 Å². The number of thioether (sulfide) groups is 1. The van der Waals surface area contributed by atoms with Crippen LogP contribution in [0.15, 0.2) is 52.3 Å². The zero-order valence-corrected chi connectivity index (χ0v) is 15.4. The second kappa shape index (κ2) is 7.72. The van der Waals surface area contributed by atoms with Gasteiger partial charge >= 0.3 is 0 Å². The molecular formula is C17H20N2O3S2. The third-order valence-corrected chi connectivity index (χ3v) is 5.58. The summed E-state index contributed by atoms with van der Waals surface area (Å²) in [7, 11) is -3.73. The van der Waals surface area contributed by atoms with Crippen molar-refractivity contribution in [3.8, 4) is 0 Å². The molecule has 0 unspecified atom stereocenters. The van der Waals surface area contributed by atoms with Crippen LogP contribution in [0, 0.1) is 0 Å². The Morgan fingerprint density at radius 3 is 2.33 bits per heavy atom. The third kappa shape index (κ3) is 4.52. The smallest absolute Gasteiger partial charge is 0.261 e. The van der Waals surface area contributed by atoms with E-state index in [-0.39, 0.29) is 10.8 Å². The summed E-state index contributed by atoms with van der Waals surface area (Å²) in [5.74, 6) is -0.247. The van der Waals surface area contributed by atoms with Gasteiger partial charge in [-0.25, -0.2) is 8.42 Å². The number of hydrogen-bond acceptors (Lipinski definition) is 4. The molecule has 2 aromatic carbocycles. The number of carbonyl (C=O) groups excluding carboxylic acids is 1. The SMILES string of the molecule is CCc1ccc(NS(=O)(=O)c2ccc(SC)c(NC(C)=O)c2)cc1. The van der Waals surface area contributed by atoms with Crippen molar-refractivity contribution in [3.63, 3.8) is 0 Å². The average molecular weight is 364 g/mol. The summed E-state index contributed by atoms with van der Waals surface area (Å²) in [6.07, 6.45) is 2.76. The molecule has 0 bridgehead atoms. The van der Waals surface area contributed by atoms with Gasteiger partial charge in [0.2, 0.25) is 5.91 Å². The lowest BCUT2D eigenvalue weighted by atomic mass is 10.2. The first kappa shape index (κ1) is 18.4. The Morgan fingerprint density at radius 2 is 1.79 bits per heavy atom. The molecule has 5 nitrogen and oxygen atoms in total. The highest BCUT2D eigenvalue weighted by molar-refractivity contribution is 7.98. The predicted molar refractivity (Wildman–Crippen MR) is 99.2 cm³/mol. The largest absolute Gasteiger partial charge is 0.325 e. The highest BCUT2D eigenvalue weighted by atomic mass is 32.2. The van der Waals surface area contributed by atoms with Crippen molar-refractivity contribution in [2.24, 2.45) is 0 Å². The minimum Gasteiger partial charge on any atom is -0.325 e.